The molecular weight excluding hydrogens is 547 g/mol. The fraction of sp³-hybridized carbons (Fsp3) is 0. The zero-order chi connectivity index (χ0) is 24.6. The van der Waals surface area contributed by atoms with Gasteiger partial charge in [0, 0.05) is 0 Å². The minimum atomic E-state index is 0. The van der Waals surface area contributed by atoms with Gasteiger partial charge in [-0.25, -0.2) is 0 Å². The van der Waals surface area contributed by atoms with Gasteiger partial charge in [0.25, 0.3) is 0 Å². The Morgan fingerprint density at radius 2 is 0.892 bits per heavy atom. The summed E-state index contributed by atoms with van der Waals surface area (Å²) < 4.78 is 1.42. The second kappa shape index (κ2) is 13.2. The van der Waals surface area contributed by atoms with Crippen LogP contribution in [0.25, 0.3) is 32.3 Å². The number of halogens is 1. The third kappa shape index (κ3) is 6.69. The average molecular weight is 574 g/mol. The van der Waals surface area contributed by atoms with Crippen molar-refractivity contribution < 1.29 is 24.2 Å². The van der Waals surface area contributed by atoms with E-state index in [-0.39, 0.29) is 12.4 Å². The molecule has 0 radical (unpaired) electrons. The molecule has 0 aliphatic rings. The molecule has 7 aromatic carbocycles. The molecule has 0 spiro atoms. The van der Waals surface area contributed by atoms with Crippen molar-refractivity contribution in [3.05, 3.63) is 169 Å². The van der Waals surface area contributed by atoms with Crippen molar-refractivity contribution in [2.75, 3.05) is 0 Å². The molecule has 0 atom stereocenters. The van der Waals surface area contributed by atoms with Crippen LogP contribution < -0.4 is 0 Å². The molecule has 0 saturated heterocycles. The first-order valence-electron chi connectivity index (χ1n) is 12.1. The molecule has 0 unspecified atom stereocenters. The molecule has 178 valence electrons. The third-order valence-electron chi connectivity index (χ3n) is 6.20. The van der Waals surface area contributed by atoms with E-state index in [1.54, 1.807) is 0 Å². The summed E-state index contributed by atoms with van der Waals surface area (Å²) >= 11 is 1.46. The maximum Gasteiger partial charge on any atom is -0.0771 e. The molecule has 0 heterocycles. The first-order chi connectivity index (χ1) is 17.8. The van der Waals surface area contributed by atoms with Crippen molar-refractivity contribution in [2.45, 2.75) is 0 Å². The molecule has 0 bridgehead atoms. The third-order valence-corrected chi connectivity index (χ3v) is 7.61. The van der Waals surface area contributed by atoms with E-state index in [0.29, 0.717) is 0 Å². The summed E-state index contributed by atoms with van der Waals surface area (Å²) in [5.41, 5.74) is 2.66. The van der Waals surface area contributed by atoms with Crippen LogP contribution in [0.2, 0.25) is 0 Å². The Kier molecular flexibility index (Phi) is 9.55. The van der Waals surface area contributed by atoms with Crippen LogP contribution in [0.1, 0.15) is 11.1 Å². The Labute approximate surface area is 239 Å². The fourth-order valence-electron chi connectivity index (χ4n) is 4.35. The second-order valence-corrected chi connectivity index (χ2v) is 9.81. The van der Waals surface area contributed by atoms with Crippen LogP contribution in [0.3, 0.4) is 0 Å². The van der Waals surface area contributed by atoms with Crippen molar-refractivity contribution in [3.8, 4) is 0 Å². The first-order valence-corrected chi connectivity index (χ1v) is 13.4. The van der Waals surface area contributed by atoms with Gasteiger partial charge in [0.05, 0.1) is 0 Å². The molecule has 7 rings (SSSR count). The maximum atomic E-state index is 2.24. The van der Waals surface area contributed by atoms with Crippen molar-refractivity contribution in [2.24, 2.45) is 0 Å². The quantitative estimate of drug-likeness (QED) is 0.181. The minimum absolute atomic E-state index is 0. The van der Waals surface area contributed by atoms with Gasteiger partial charge in [0.15, 0.2) is 0 Å². The van der Waals surface area contributed by atoms with Crippen LogP contribution in [0, 0.1) is 0 Å². The van der Waals surface area contributed by atoms with E-state index in [4.69, 9.17) is 0 Å². The van der Waals surface area contributed by atoms with Crippen molar-refractivity contribution in [3.63, 3.8) is 0 Å². The number of hydrogen-bond donors (Lipinski definition) is 0. The van der Waals surface area contributed by atoms with Crippen LogP contribution in [0.5, 0.6) is 0 Å². The smallest absolute Gasteiger partial charge is 0.0771 e. The summed E-state index contributed by atoms with van der Waals surface area (Å²) in [5, 5.41) is 8.05. The second-order valence-electron chi connectivity index (χ2n) is 8.58. The minimum Gasteiger partial charge on any atom is -0.168 e. The monoisotopic (exact) mass is 572 g/mol. The van der Waals surface area contributed by atoms with Gasteiger partial charge in [-0.2, -0.15) is 17.5 Å². The Bertz CT molecular complexity index is 1570. The normalized spacial score (nSPS) is 10.1. The van der Waals surface area contributed by atoms with Gasteiger partial charge in [-0.3, -0.25) is 0 Å². The molecule has 0 N–H and O–H groups in total. The number of fused-ring (bicyclic) bond motifs is 4. The topological polar surface area (TPSA) is 0 Å². The van der Waals surface area contributed by atoms with Crippen LogP contribution in [-0.4, -0.2) is 3.21 Å². The van der Waals surface area contributed by atoms with E-state index in [1.807, 2.05) is 0 Å². The van der Waals surface area contributed by atoms with Gasteiger partial charge in [-0.15, -0.1) is 81.8 Å². The molecule has 0 amide bonds. The molecule has 0 aliphatic carbocycles. The Hall–Kier alpha value is -3.38. The molecule has 2 heteroatoms. The van der Waals surface area contributed by atoms with Crippen LogP contribution in [0.15, 0.2) is 158 Å². The summed E-state index contributed by atoms with van der Waals surface area (Å²) in [4.78, 5) is 0. The summed E-state index contributed by atoms with van der Waals surface area (Å²) in [6.45, 7) is 0. The zero-order valence-corrected chi connectivity index (χ0v) is 23.7. The SMILES string of the molecule is Cl.[Zr+2]=[C](c1ccccc1)c1ccccc1.c1ccc2[cH-]ccc2c1.c1ccc2c(c1)[cH-]c1ccccc12. The van der Waals surface area contributed by atoms with Crippen LogP contribution in [-0.2, 0) is 24.2 Å². The summed E-state index contributed by atoms with van der Waals surface area (Å²) in [6.07, 6.45) is 0. The molecule has 0 aliphatic heterocycles. The molecular formula is C35H27ClZr. The first kappa shape index (κ1) is 26.7. The van der Waals surface area contributed by atoms with Gasteiger partial charge in [0.1, 0.15) is 0 Å². The molecule has 0 saturated carbocycles. The van der Waals surface area contributed by atoms with E-state index in [2.05, 4.69) is 158 Å². The van der Waals surface area contributed by atoms with E-state index in [0.717, 1.165) is 0 Å². The predicted octanol–water partition coefficient (Wildman–Crippen LogP) is 9.49. The van der Waals surface area contributed by atoms with Gasteiger partial charge in [-0.05, 0) is 0 Å². The van der Waals surface area contributed by atoms with E-state index < -0.39 is 0 Å². The zero-order valence-electron chi connectivity index (χ0n) is 20.4. The van der Waals surface area contributed by atoms with E-state index in [9.17, 15) is 0 Å². The van der Waals surface area contributed by atoms with Gasteiger partial charge < -0.3 is 0 Å². The summed E-state index contributed by atoms with van der Waals surface area (Å²) in [7, 11) is 0. The number of hydrogen-bond acceptors (Lipinski definition) is 0. The largest absolute Gasteiger partial charge is 0.168 e. The van der Waals surface area contributed by atoms with Crippen molar-refractivity contribution in [1.82, 2.24) is 0 Å². The summed E-state index contributed by atoms with van der Waals surface area (Å²) in [5.74, 6) is 0. The Balaban J connectivity index is 0.000000131. The van der Waals surface area contributed by atoms with E-state index in [1.165, 1.54) is 70.9 Å². The van der Waals surface area contributed by atoms with E-state index >= 15 is 0 Å². The van der Waals surface area contributed by atoms with Crippen molar-refractivity contribution in [1.29, 1.82) is 0 Å². The fourth-order valence-corrected chi connectivity index (χ4v) is 5.17. The number of benzene rings is 5. The van der Waals surface area contributed by atoms with Gasteiger partial charge >= 0.3 is 99.2 Å². The molecule has 7 aromatic rings. The molecule has 0 fully saturated rings. The Morgan fingerprint density at radius 3 is 1.41 bits per heavy atom. The van der Waals surface area contributed by atoms with Crippen LogP contribution >= 0.6 is 12.4 Å². The Morgan fingerprint density at radius 1 is 0.459 bits per heavy atom. The average Bonchev–Trinajstić information content (AvgIpc) is 3.59. The van der Waals surface area contributed by atoms with Crippen molar-refractivity contribution >= 4 is 47.9 Å². The van der Waals surface area contributed by atoms with Gasteiger partial charge in [-0.1, -0.05) is 42.5 Å². The molecule has 0 nitrogen and oxygen atoms in total. The predicted molar refractivity (Wildman–Crippen MR) is 160 cm³/mol. The molecule has 37 heavy (non-hydrogen) atoms. The number of rotatable bonds is 2. The van der Waals surface area contributed by atoms with Gasteiger partial charge in [0.2, 0.25) is 0 Å². The molecule has 0 aromatic heterocycles. The standard InChI is InChI=1S/C13H9.C13H10.C9H7.ClH.Zr/c1-3-7-12-10(5-1)9-11-6-2-4-8-13(11)12;1-3-7-12(8-4-1)11-13-9-5-2-6-10-13;1-2-5-9-7-3-6-8(9)4-1;;/h1-9H;1-10H;1-7H;1H;/q-1;;-1;;+2. The van der Waals surface area contributed by atoms with Crippen LogP contribution in [0.4, 0.5) is 0 Å². The summed E-state index contributed by atoms with van der Waals surface area (Å²) in [6, 6.07) is 55.0. The maximum absolute atomic E-state index is 2.24.